The van der Waals surface area contributed by atoms with Crippen LogP contribution < -0.4 is 0 Å². The van der Waals surface area contributed by atoms with Crippen molar-refractivity contribution >= 4 is 169 Å². The summed E-state index contributed by atoms with van der Waals surface area (Å²) in [6.45, 7) is 4.34. The third kappa shape index (κ3) is 107. The summed E-state index contributed by atoms with van der Waals surface area (Å²) < 4.78 is 63.1. The number of rotatable bonds is 30. The molecular weight excluding hydrogens is 997 g/mol. The Bertz CT molecular complexity index is 1170. The summed E-state index contributed by atoms with van der Waals surface area (Å²) in [5.74, 6) is 4.62. The van der Waals surface area contributed by atoms with Gasteiger partial charge in [0, 0.05) is 176 Å². The Kier molecular flexibility index (Phi) is 80.6. The molecule has 0 aliphatic heterocycles. The largest absolute Gasteiger partial charge is 0.260 e. The monoisotopic (exact) mass is 1060 g/mol. The van der Waals surface area contributed by atoms with E-state index in [2.05, 4.69) is 134 Å². The van der Waals surface area contributed by atoms with Gasteiger partial charge in [0.15, 0.2) is 0 Å². The van der Waals surface area contributed by atoms with Crippen molar-refractivity contribution in [3.63, 3.8) is 0 Å². The van der Waals surface area contributed by atoms with Gasteiger partial charge in [0.05, 0.1) is 31.0 Å². The molecule has 348 valence electrons. The molecule has 60 heavy (non-hydrogen) atoms. The summed E-state index contributed by atoms with van der Waals surface area (Å²) in [6.07, 6.45) is 21.8. The van der Waals surface area contributed by atoms with Crippen LogP contribution in [0.2, 0.25) is 0 Å². The molecule has 12 nitrogen and oxygen atoms in total. The molecular formula is C36H66N6O6S12. The summed E-state index contributed by atoms with van der Waals surface area (Å²) in [5.41, 5.74) is 0. The van der Waals surface area contributed by atoms with Crippen LogP contribution in [-0.4, -0.2) is 168 Å². The average molecular weight is 1060 g/mol. The van der Waals surface area contributed by atoms with E-state index in [-0.39, 0.29) is 0 Å². The third-order valence-electron chi connectivity index (χ3n) is 6.10. The summed E-state index contributed by atoms with van der Waals surface area (Å²) in [7, 11) is -3.95. The van der Waals surface area contributed by atoms with Crippen LogP contribution in [0, 0.1) is 0 Å². The number of hydrogen-bond acceptors (Lipinski definition) is 18. The Morgan fingerprint density at radius 1 is 0.267 bits per heavy atom. The van der Waals surface area contributed by atoms with Crippen LogP contribution in [0.3, 0.4) is 0 Å². The highest BCUT2D eigenvalue weighted by Gasteiger charge is 1.93. The van der Waals surface area contributed by atoms with Crippen molar-refractivity contribution in [3.05, 3.63) is 0 Å². The first kappa shape index (κ1) is 71.3. The van der Waals surface area contributed by atoms with E-state index >= 15 is 0 Å². The van der Waals surface area contributed by atoms with Gasteiger partial charge in [-0.25, -0.2) is 30.0 Å². The molecule has 6 atom stereocenters. The van der Waals surface area contributed by atoms with Crippen LogP contribution in [0.25, 0.3) is 0 Å². The number of isothiocyanates is 6. The topological polar surface area (TPSA) is 177 Å². The van der Waals surface area contributed by atoms with Gasteiger partial charge in [-0.05, 0) is 150 Å². The van der Waals surface area contributed by atoms with Crippen molar-refractivity contribution in [2.75, 3.05) is 111 Å². The van der Waals surface area contributed by atoms with Gasteiger partial charge in [-0.15, -0.1) is 0 Å². The number of thiocarbonyl (C=S) groups is 6. The lowest BCUT2D eigenvalue weighted by Gasteiger charge is -1.92. The van der Waals surface area contributed by atoms with Crippen molar-refractivity contribution in [1.82, 2.24) is 0 Å². The van der Waals surface area contributed by atoms with E-state index in [4.69, 9.17) is 0 Å². The summed E-state index contributed by atoms with van der Waals surface area (Å²) in [4.78, 5) is 22.4. The van der Waals surface area contributed by atoms with Crippen LogP contribution in [-0.2, 0) is 64.8 Å². The lowest BCUT2D eigenvalue weighted by molar-refractivity contribution is 0.681. The first-order valence-corrected chi connectivity index (χ1v) is 31.5. The summed E-state index contributed by atoms with van der Waals surface area (Å²) >= 11 is 26.3. The molecule has 0 bridgehead atoms. The molecule has 0 N–H and O–H groups in total. The van der Waals surface area contributed by atoms with E-state index in [0.717, 1.165) is 151 Å². The second kappa shape index (κ2) is 67.8. The first-order valence-electron chi connectivity index (χ1n) is 18.6. The average Bonchev–Trinajstić information content (AvgIpc) is 3.18. The fourth-order valence-corrected chi connectivity index (χ4v) is 7.46. The summed E-state index contributed by atoms with van der Waals surface area (Å²) in [5, 5.41) is 13.7. The van der Waals surface area contributed by atoms with Gasteiger partial charge >= 0.3 is 0 Å². The predicted molar refractivity (Wildman–Crippen MR) is 288 cm³/mol. The molecule has 0 fully saturated rings. The van der Waals surface area contributed by atoms with Gasteiger partial charge in [0.1, 0.15) is 0 Å². The minimum Gasteiger partial charge on any atom is -0.260 e. The van der Waals surface area contributed by atoms with Crippen molar-refractivity contribution < 1.29 is 25.3 Å². The smallest absolute Gasteiger partial charge is 0.0584 e. The van der Waals surface area contributed by atoms with Crippen molar-refractivity contribution in [2.24, 2.45) is 30.0 Å². The van der Waals surface area contributed by atoms with E-state index in [1.54, 1.807) is 37.5 Å². The number of unbranched alkanes of at least 4 members (excludes halogenated alkanes) is 6. The fourth-order valence-electron chi connectivity index (χ4n) is 3.25. The molecule has 0 aromatic carbocycles. The van der Waals surface area contributed by atoms with Gasteiger partial charge in [-0.3, -0.25) is 25.3 Å². The molecule has 0 radical (unpaired) electrons. The van der Waals surface area contributed by atoms with E-state index in [1.807, 2.05) is 0 Å². The van der Waals surface area contributed by atoms with E-state index < -0.39 is 64.8 Å². The molecule has 0 amide bonds. The lowest BCUT2D eigenvalue weighted by Crippen LogP contribution is -1.94. The molecule has 6 unspecified atom stereocenters. The molecule has 0 spiro atoms. The quantitative estimate of drug-likeness (QED) is 0.0394. The standard InChI is InChI=1S/6C6H11NOS2/c6*1-10(8)5-3-2-4-7-6-9/h6*2-5H2,1H3. The van der Waals surface area contributed by atoms with Crippen LogP contribution >= 0.6 is 73.3 Å². The van der Waals surface area contributed by atoms with Gasteiger partial charge < -0.3 is 0 Å². The maximum atomic E-state index is 10.5. The molecule has 0 aromatic rings. The zero-order valence-electron chi connectivity index (χ0n) is 36.0. The highest BCUT2D eigenvalue weighted by molar-refractivity contribution is 7.85. The van der Waals surface area contributed by atoms with Crippen LogP contribution in [0.1, 0.15) is 77.0 Å². The Balaban J connectivity index is -0.000000146. The predicted octanol–water partition coefficient (Wildman–Crippen LogP) is 7.49. The zero-order valence-corrected chi connectivity index (χ0v) is 45.8. The SMILES string of the molecule is CS(=O)CCCCN=C=S.CS(=O)CCCCN=C=S.CS(=O)CCCCN=C=S.CS(=O)CCCCN=C=S.CS(=O)CCCCN=C=S.CS(=O)CCCCN=C=S. The van der Waals surface area contributed by atoms with E-state index in [9.17, 15) is 25.3 Å². The lowest BCUT2D eigenvalue weighted by atomic mass is 10.3. The highest BCUT2D eigenvalue weighted by Crippen LogP contribution is 1.94. The van der Waals surface area contributed by atoms with Crippen LogP contribution in [0.5, 0.6) is 0 Å². The number of hydrogen-bond donors (Lipinski definition) is 0. The van der Waals surface area contributed by atoms with Crippen LogP contribution in [0.4, 0.5) is 0 Å². The molecule has 0 saturated carbocycles. The second-order valence-corrected chi connectivity index (χ2v) is 22.2. The van der Waals surface area contributed by atoms with Crippen LogP contribution in [0.15, 0.2) is 30.0 Å². The fraction of sp³-hybridized carbons (Fsp3) is 0.833. The van der Waals surface area contributed by atoms with Gasteiger partial charge in [0.2, 0.25) is 0 Å². The molecule has 0 aliphatic carbocycles. The van der Waals surface area contributed by atoms with Crippen molar-refractivity contribution in [1.29, 1.82) is 0 Å². The normalized spacial score (nSPS) is 12.1. The third-order valence-corrected chi connectivity index (χ3v) is 12.1. The first-order chi connectivity index (χ1) is 28.6. The van der Waals surface area contributed by atoms with E-state index in [0.29, 0.717) is 0 Å². The maximum Gasteiger partial charge on any atom is 0.0584 e. The van der Waals surface area contributed by atoms with Crippen molar-refractivity contribution in [3.8, 4) is 0 Å². The minimum atomic E-state index is -0.659. The number of nitrogens with zero attached hydrogens (tertiary/aromatic N) is 6. The molecule has 0 aliphatic rings. The highest BCUT2D eigenvalue weighted by atomic mass is 32.2. The molecule has 0 heterocycles. The minimum absolute atomic E-state index is 0.659. The summed E-state index contributed by atoms with van der Waals surface area (Å²) in [6, 6.07) is 0. The maximum absolute atomic E-state index is 10.5. The Morgan fingerprint density at radius 3 is 0.467 bits per heavy atom. The van der Waals surface area contributed by atoms with Crippen molar-refractivity contribution in [2.45, 2.75) is 77.0 Å². The van der Waals surface area contributed by atoms with Gasteiger partial charge in [-0.1, -0.05) is 0 Å². The Labute approximate surface area is 408 Å². The number of aliphatic imine (C=N–C) groups is 6. The Hall–Kier alpha value is -0.300. The zero-order chi connectivity index (χ0) is 46.9. The molecule has 0 saturated heterocycles. The van der Waals surface area contributed by atoms with Gasteiger partial charge in [-0.2, -0.15) is 0 Å². The molecule has 24 heteroatoms. The Morgan fingerprint density at radius 2 is 0.383 bits per heavy atom. The second-order valence-electron chi connectivity index (χ2n) is 11.7. The van der Waals surface area contributed by atoms with E-state index in [1.165, 1.54) is 0 Å². The molecule has 0 aromatic heterocycles. The van der Waals surface area contributed by atoms with Gasteiger partial charge in [0.25, 0.3) is 0 Å². The molecule has 0 rings (SSSR count).